The Morgan fingerprint density at radius 3 is 2.58 bits per heavy atom. The lowest BCUT2D eigenvalue weighted by Crippen LogP contribution is -2.49. The summed E-state index contributed by atoms with van der Waals surface area (Å²) in [5.74, 6) is -1.02. The van der Waals surface area contributed by atoms with E-state index in [9.17, 15) is 9.59 Å². The van der Waals surface area contributed by atoms with Crippen molar-refractivity contribution in [2.75, 3.05) is 6.54 Å². The molecule has 1 atom stereocenters. The van der Waals surface area contributed by atoms with E-state index < -0.39 is 5.97 Å². The van der Waals surface area contributed by atoms with Crippen LogP contribution in [0.3, 0.4) is 0 Å². The molecule has 1 unspecified atom stereocenters. The molecule has 106 valence electrons. The van der Waals surface area contributed by atoms with Crippen LogP contribution in [-0.2, 0) is 11.3 Å². The second kappa shape index (κ2) is 6.77. The van der Waals surface area contributed by atoms with Gasteiger partial charge in [-0.05, 0) is 26.8 Å². The second-order valence-corrected chi connectivity index (χ2v) is 4.69. The van der Waals surface area contributed by atoms with Gasteiger partial charge in [0.05, 0.1) is 6.54 Å². The Bertz CT molecular complexity index is 417. The maximum atomic E-state index is 12.0. The minimum Gasteiger partial charge on any atom is -0.480 e. The number of carbonyl (C=O) groups is 2. The average molecular weight is 268 g/mol. The van der Waals surface area contributed by atoms with Gasteiger partial charge in [-0.1, -0.05) is 0 Å². The fourth-order valence-electron chi connectivity index (χ4n) is 1.66. The van der Waals surface area contributed by atoms with Gasteiger partial charge in [0, 0.05) is 24.5 Å². The first-order valence-corrected chi connectivity index (χ1v) is 6.16. The third-order valence-corrected chi connectivity index (χ3v) is 2.58. The van der Waals surface area contributed by atoms with Crippen molar-refractivity contribution >= 4 is 12.0 Å². The number of aliphatic carboxylic acids is 1. The van der Waals surface area contributed by atoms with Crippen molar-refractivity contribution in [2.24, 2.45) is 0 Å². The molecular formula is C12H20N4O3. The third-order valence-electron chi connectivity index (χ3n) is 2.58. The topological polar surface area (TPSA) is 87.5 Å². The van der Waals surface area contributed by atoms with Crippen LogP contribution in [0.5, 0.6) is 0 Å². The average Bonchev–Trinajstić information content (AvgIpc) is 2.77. The molecule has 2 N–H and O–H groups in total. The number of amides is 2. The van der Waals surface area contributed by atoms with E-state index in [-0.39, 0.29) is 24.7 Å². The highest BCUT2D eigenvalue weighted by Gasteiger charge is 2.21. The van der Waals surface area contributed by atoms with Gasteiger partial charge < -0.3 is 15.3 Å². The van der Waals surface area contributed by atoms with Crippen LogP contribution in [0.25, 0.3) is 0 Å². The molecule has 1 rings (SSSR count). The van der Waals surface area contributed by atoms with Crippen molar-refractivity contribution in [2.45, 2.75) is 39.4 Å². The number of hydrogen-bond donors (Lipinski definition) is 2. The lowest BCUT2D eigenvalue weighted by molar-refractivity contribution is -0.138. The zero-order valence-corrected chi connectivity index (χ0v) is 11.4. The highest BCUT2D eigenvalue weighted by Crippen LogP contribution is 2.00. The maximum Gasteiger partial charge on any atom is 0.323 e. The number of aromatic nitrogens is 2. The largest absolute Gasteiger partial charge is 0.480 e. The van der Waals surface area contributed by atoms with Gasteiger partial charge >= 0.3 is 12.0 Å². The molecule has 0 radical (unpaired) electrons. The molecule has 7 heteroatoms. The van der Waals surface area contributed by atoms with Crippen molar-refractivity contribution < 1.29 is 14.7 Å². The van der Waals surface area contributed by atoms with Crippen LogP contribution in [0.2, 0.25) is 0 Å². The summed E-state index contributed by atoms with van der Waals surface area (Å²) in [6.07, 6.45) is 3.47. The molecule has 1 aromatic rings. The van der Waals surface area contributed by atoms with Crippen molar-refractivity contribution in [3.05, 3.63) is 18.5 Å². The fourth-order valence-corrected chi connectivity index (χ4v) is 1.66. The quantitative estimate of drug-likeness (QED) is 0.798. The molecule has 0 aliphatic rings. The molecule has 1 heterocycles. The molecule has 0 spiro atoms. The van der Waals surface area contributed by atoms with Gasteiger partial charge in [-0.15, -0.1) is 0 Å². The number of hydrogen-bond acceptors (Lipinski definition) is 3. The Hall–Kier alpha value is -2.05. The van der Waals surface area contributed by atoms with Crippen LogP contribution in [0, 0.1) is 0 Å². The zero-order valence-electron chi connectivity index (χ0n) is 11.4. The first-order chi connectivity index (χ1) is 8.90. The molecule has 0 bridgehead atoms. The second-order valence-electron chi connectivity index (χ2n) is 4.69. The van der Waals surface area contributed by atoms with Crippen LogP contribution in [-0.4, -0.2) is 50.4 Å². The summed E-state index contributed by atoms with van der Waals surface area (Å²) in [5, 5.41) is 15.6. The fraction of sp³-hybridized carbons (Fsp3) is 0.583. The number of carboxylic acid groups (broad SMARTS) is 1. The number of urea groups is 1. The summed E-state index contributed by atoms with van der Waals surface area (Å²) in [7, 11) is 0. The van der Waals surface area contributed by atoms with E-state index in [1.807, 2.05) is 6.92 Å². The predicted octanol–water partition coefficient (Wildman–Crippen LogP) is 0.776. The normalized spacial score (nSPS) is 12.2. The van der Waals surface area contributed by atoms with Crippen molar-refractivity contribution in [1.29, 1.82) is 0 Å². The molecule has 0 saturated heterocycles. The van der Waals surface area contributed by atoms with E-state index in [1.54, 1.807) is 37.0 Å². The highest BCUT2D eigenvalue weighted by atomic mass is 16.4. The molecule has 2 amide bonds. The monoisotopic (exact) mass is 268 g/mol. The molecule has 7 nitrogen and oxygen atoms in total. The number of nitrogens with zero attached hydrogens (tertiary/aromatic N) is 3. The first kappa shape index (κ1) is 15.0. The van der Waals surface area contributed by atoms with Crippen LogP contribution in [0.1, 0.15) is 20.8 Å². The van der Waals surface area contributed by atoms with Crippen LogP contribution in [0.15, 0.2) is 18.5 Å². The van der Waals surface area contributed by atoms with Gasteiger partial charge in [-0.25, -0.2) is 4.79 Å². The molecule has 0 saturated carbocycles. The Morgan fingerprint density at radius 2 is 2.11 bits per heavy atom. The Balaban J connectivity index is 2.53. The SMILES string of the molecule is CC(Cn1cccn1)NC(=O)N(CC(=O)O)C(C)C. The zero-order chi connectivity index (χ0) is 14.4. The number of rotatable bonds is 6. The molecule has 0 aliphatic heterocycles. The molecule has 19 heavy (non-hydrogen) atoms. The van der Waals surface area contributed by atoms with Gasteiger partial charge in [0.15, 0.2) is 0 Å². The van der Waals surface area contributed by atoms with Crippen LogP contribution < -0.4 is 5.32 Å². The molecule has 0 aliphatic carbocycles. The van der Waals surface area contributed by atoms with E-state index in [2.05, 4.69) is 10.4 Å². The van der Waals surface area contributed by atoms with Crippen molar-refractivity contribution in [3.8, 4) is 0 Å². The summed E-state index contributed by atoms with van der Waals surface area (Å²) in [6, 6.07) is 1.12. The minimum atomic E-state index is -1.02. The summed E-state index contributed by atoms with van der Waals surface area (Å²) < 4.78 is 1.71. The summed E-state index contributed by atoms with van der Waals surface area (Å²) >= 11 is 0. The van der Waals surface area contributed by atoms with Crippen molar-refractivity contribution in [3.63, 3.8) is 0 Å². The highest BCUT2D eigenvalue weighted by molar-refractivity contribution is 5.80. The minimum absolute atomic E-state index is 0.137. The summed E-state index contributed by atoms with van der Waals surface area (Å²) in [6.45, 7) is 5.63. The lowest BCUT2D eigenvalue weighted by Gasteiger charge is -2.27. The van der Waals surface area contributed by atoms with E-state index in [0.717, 1.165) is 0 Å². The van der Waals surface area contributed by atoms with E-state index >= 15 is 0 Å². The lowest BCUT2D eigenvalue weighted by atomic mass is 10.3. The van der Waals surface area contributed by atoms with Crippen molar-refractivity contribution in [1.82, 2.24) is 20.0 Å². The molecule has 0 fully saturated rings. The molecular weight excluding hydrogens is 248 g/mol. The van der Waals surface area contributed by atoms with Crippen LogP contribution in [0.4, 0.5) is 4.79 Å². The maximum absolute atomic E-state index is 12.0. The van der Waals surface area contributed by atoms with Gasteiger partial charge in [-0.2, -0.15) is 5.10 Å². The van der Waals surface area contributed by atoms with Gasteiger partial charge in [0.2, 0.25) is 0 Å². The summed E-state index contributed by atoms with van der Waals surface area (Å²) in [4.78, 5) is 24.0. The standard InChI is InChI=1S/C12H20N4O3/c1-9(2)16(8-11(17)18)12(19)14-10(3)7-15-6-4-5-13-15/h4-6,9-10H,7-8H2,1-3H3,(H,14,19)(H,17,18). The third kappa shape index (κ3) is 4.99. The number of carbonyl (C=O) groups excluding carboxylic acids is 1. The van der Waals surface area contributed by atoms with Gasteiger partial charge in [-0.3, -0.25) is 9.48 Å². The van der Waals surface area contributed by atoms with E-state index in [1.165, 1.54) is 4.90 Å². The molecule has 1 aromatic heterocycles. The summed E-state index contributed by atoms with van der Waals surface area (Å²) in [5.41, 5.74) is 0. The van der Waals surface area contributed by atoms with Gasteiger partial charge in [0.1, 0.15) is 6.54 Å². The smallest absolute Gasteiger partial charge is 0.323 e. The predicted molar refractivity (Wildman–Crippen MR) is 69.7 cm³/mol. The first-order valence-electron chi connectivity index (χ1n) is 6.16. The number of carboxylic acids is 1. The Labute approximate surface area is 112 Å². The van der Waals surface area contributed by atoms with Gasteiger partial charge in [0.25, 0.3) is 0 Å². The van der Waals surface area contributed by atoms with E-state index in [4.69, 9.17) is 5.11 Å². The Morgan fingerprint density at radius 1 is 1.42 bits per heavy atom. The Kier molecular flexibility index (Phi) is 5.35. The van der Waals surface area contributed by atoms with Crippen LogP contribution >= 0.6 is 0 Å². The van der Waals surface area contributed by atoms with E-state index in [0.29, 0.717) is 6.54 Å². The number of nitrogens with one attached hydrogen (secondary N) is 1. The molecule has 0 aromatic carbocycles.